The summed E-state index contributed by atoms with van der Waals surface area (Å²) in [5.74, 6) is 0. The summed E-state index contributed by atoms with van der Waals surface area (Å²) in [5.41, 5.74) is 12.8. The summed E-state index contributed by atoms with van der Waals surface area (Å²) in [6.07, 6.45) is 2.03. The third kappa shape index (κ3) is 2.90. The fraction of sp³-hybridized carbons (Fsp3) is 0.0857. The van der Waals surface area contributed by atoms with Crippen molar-refractivity contribution in [3.05, 3.63) is 127 Å². The van der Waals surface area contributed by atoms with E-state index in [-0.39, 0.29) is 5.41 Å². The minimum atomic E-state index is 0.0253. The van der Waals surface area contributed by atoms with Gasteiger partial charge in [0.2, 0.25) is 0 Å². The molecular formula is C35H25N3. The van der Waals surface area contributed by atoms with Crippen LogP contribution in [0.1, 0.15) is 25.0 Å². The summed E-state index contributed by atoms with van der Waals surface area (Å²) in [7, 11) is 0. The molecule has 180 valence electrons. The highest BCUT2D eigenvalue weighted by molar-refractivity contribution is 6.09. The molecule has 1 aliphatic rings. The van der Waals surface area contributed by atoms with Crippen molar-refractivity contribution in [2.75, 3.05) is 0 Å². The third-order valence-electron chi connectivity index (χ3n) is 8.23. The van der Waals surface area contributed by atoms with Gasteiger partial charge in [0.25, 0.3) is 0 Å². The highest BCUT2D eigenvalue weighted by Crippen LogP contribution is 2.49. The minimum absolute atomic E-state index is 0.0253. The lowest BCUT2D eigenvalue weighted by Crippen LogP contribution is -2.14. The molecule has 0 aliphatic heterocycles. The SMILES string of the molecule is CC1(C)c2ccccc2-c2cc(-c3ccc(-c4nc5c(nc6ccccn65)c5ccccc45)cc3)ccc21. The summed E-state index contributed by atoms with van der Waals surface area (Å²) in [4.78, 5) is 10.0. The van der Waals surface area contributed by atoms with E-state index in [1.54, 1.807) is 0 Å². The second-order valence-electron chi connectivity index (χ2n) is 10.7. The molecule has 3 nitrogen and oxygen atoms in total. The van der Waals surface area contributed by atoms with E-state index in [9.17, 15) is 0 Å². The van der Waals surface area contributed by atoms with E-state index < -0.39 is 0 Å². The Kier molecular flexibility index (Phi) is 4.28. The number of pyridine rings is 2. The predicted octanol–water partition coefficient (Wildman–Crippen LogP) is 8.68. The smallest absolute Gasteiger partial charge is 0.165 e. The van der Waals surface area contributed by atoms with Gasteiger partial charge in [-0.2, -0.15) is 0 Å². The number of fused-ring (bicyclic) bond motifs is 8. The maximum absolute atomic E-state index is 5.15. The van der Waals surface area contributed by atoms with E-state index in [1.165, 1.54) is 33.4 Å². The maximum Gasteiger partial charge on any atom is 0.165 e. The molecule has 1 aliphatic carbocycles. The molecular weight excluding hydrogens is 462 g/mol. The van der Waals surface area contributed by atoms with Crippen molar-refractivity contribution in [2.45, 2.75) is 19.3 Å². The first kappa shape index (κ1) is 21.3. The summed E-state index contributed by atoms with van der Waals surface area (Å²) in [6.45, 7) is 4.65. The van der Waals surface area contributed by atoms with Crippen molar-refractivity contribution >= 4 is 27.6 Å². The summed E-state index contributed by atoms with van der Waals surface area (Å²) < 4.78 is 2.07. The molecule has 0 fully saturated rings. The Hall–Kier alpha value is -4.76. The van der Waals surface area contributed by atoms with Crippen molar-refractivity contribution < 1.29 is 0 Å². The van der Waals surface area contributed by atoms with Gasteiger partial charge in [-0.1, -0.05) is 105 Å². The number of benzene rings is 4. The number of rotatable bonds is 2. The van der Waals surface area contributed by atoms with E-state index >= 15 is 0 Å². The topological polar surface area (TPSA) is 30.2 Å². The Morgan fingerprint density at radius 2 is 1.26 bits per heavy atom. The summed E-state index contributed by atoms with van der Waals surface area (Å²) in [5, 5.41) is 2.24. The number of aromatic nitrogens is 3. The van der Waals surface area contributed by atoms with Crippen LogP contribution < -0.4 is 0 Å². The molecule has 3 aromatic heterocycles. The van der Waals surface area contributed by atoms with E-state index in [0.29, 0.717) is 0 Å². The number of imidazole rings is 1. The van der Waals surface area contributed by atoms with E-state index in [1.807, 2.05) is 24.4 Å². The molecule has 0 atom stereocenters. The fourth-order valence-electron chi connectivity index (χ4n) is 6.27. The lowest BCUT2D eigenvalue weighted by Gasteiger charge is -2.21. The lowest BCUT2D eigenvalue weighted by atomic mass is 9.82. The van der Waals surface area contributed by atoms with Gasteiger partial charge < -0.3 is 0 Å². The van der Waals surface area contributed by atoms with Gasteiger partial charge in [-0.05, 0) is 51.6 Å². The van der Waals surface area contributed by atoms with Crippen molar-refractivity contribution in [2.24, 2.45) is 0 Å². The largest absolute Gasteiger partial charge is 0.284 e. The van der Waals surface area contributed by atoms with Gasteiger partial charge in [0, 0.05) is 27.9 Å². The Bertz CT molecular complexity index is 2040. The van der Waals surface area contributed by atoms with Crippen LogP contribution in [0, 0.1) is 0 Å². The minimum Gasteiger partial charge on any atom is -0.284 e. The molecule has 0 saturated heterocycles. The highest BCUT2D eigenvalue weighted by atomic mass is 15.1. The monoisotopic (exact) mass is 487 g/mol. The summed E-state index contributed by atoms with van der Waals surface area (Å²) >= 11 is 0. The molecule has 0 N–H and O–H groups in total. The molecule has 7 aromatic rings. The van der Waals surface area contributed by atoms with E-state index in [4.69, 9.17) is 9.97 Å². The van der Waals surface area contributed by atoms with E-state index in [0.717, 1.165) is 38.8 Å². The van der Waals surface area contributed by atoms with Crippen molar-refractivity contribution in [3.8, 4) is 33.5 Å². The van der Waals surface area contributed by atoms with Gasteiger partial charge in [-0.25, -0.2) is 9.97 Å². The molecule has 0 bridgehead atoms. The molecule has 8 rings (SSSR count). The zero-order chi connectivity index (χ0) is 25.4. The second kappa shape index (κ2) is 7.62. The van der Waals surface area contributed by atoms with E-state index in [2.05, 4.69) is 109 Å². The molecule has 3 heteroatoms. The molecule has 0 saturated carbocycles. The van der Waals surface area contributed by atoms with Gasteiger partial charge in [-0.3, -0.25) is 4.40 Å². The van der Waals surface area contributed by atoms with Crippen LogP contribution in [0.3, 0.4) is 0 Å². The van der Waals surface area contributed by atoms with Gasteiger partial charge in [0.1, 0.15) is 11.2 Å². The molecule has 38 heavy (non-hydrogen) atoms. The molecule has 0 unspecified atom stereocenters. The average Bonchev–Trinajstić information content (AvgIpc) is 3.45. The van der Waals surface area contributed by atoms with Gasteiger partial charge in [-0.15, -0.1) is 0 Å². The average molecular weight is 488 g/mol. The van der Waals surface area contributed by atoms with Crippen molar-refractivity contribution in [1.29, 1.82) is 0 Å². The zero-order valence-electron chi connectivity index (χ0n) is 21.3. The van der Waals surface area contributed by atoms with Crippen molar-refractivity contribution in [3.63, 3.8) is 0 Å². The predicted molar refractivity (Wildman–Crippen MR) is 156 cm³/mol. The first-order valence-electron chi connectivity index (χ1n) is 13.1. The molecule has 4 aromatic carbocycles. The summed E-state index contributed by atoms with van der Waals surface area (Å²) in [6, 6.07) is 39.1. The van der Waals surface area contributed by atoms with Gasteiger partial charge >= 0.3 is 0 Å². The van der Waals surface area contributed by atoms with Crippen molar-refractivity contribution in [1.82, 2.24) is 14.4 Å². The zero-order valence-corrected chi connectivity index (χ0v) is 21.3. The molecule has 0 spiro atoms. The van der Waals surface area contributed by atoms with Crippen LogP contribution >= 0.6 is 0 Å². The first-order valence-corrected chi connectivity index (χ1v) is 13.1. The second-order valence-corrected chi connectivity index (χ2v) is 10.7. The Morgan fingerprint density at radius 3 is 2.13 bits per heavy atom. The van der Waals surface area contributed by atoms with Crippen LogP contribution in [0.4, 0.5) is 0 Å². The first-order chi connectivity index (χ1) is 18.6. The van der Waals surface area contributed by atoms with Crippen LogP contribution in [-0.2, 0) is 5.41 Å². The third-order valence-corrected chi connectivity index (χ3v) is 8.23. The Balaban J connectivity index is 1.26. The molecule has 0 amide bonds. The van der Waals surface area contributed by atoms with Crippen LogP contribution in [0.2, 0.25) is 0 Å². The Labute approximate surface area is 221 Å². The standard InChI is InChI=1S/C35H25N3/c1-35(2)29-12-6-5-9-25(29)28-21-24(18-19-30(28)35)22-14-16-23(17-15-22)32-26-10-3-4-11-27(26)33-34(37-32)38-20-8-7-13-31(38)36-33/h3-21H,1-2H3. The van der Waals surface area contributed by atoms with Crippen LogP contribution in [0.5, 0.6) is 0 Å². The number of nitrogens with zero attached hydrogens (tertiary/aromatic N) is 3. The quantitative estimate of drug-likeness (QED) is 0.244. The van der Waals surface area contributed by atoms with Gasteiger partial charge in [0.15, 0.2) is 5.65 Å². The number of hydrogen-bond donors (Lipinski definition) is 0. The maximum atomic E-state index is 5.15. The Morgan fingerprint density at radius 1 is 0.579 bits per heavy atom. The van der Waals surface area contributed by atoms with Gasteiger partial charge in [0.05, 0.1) is 5.69 Å². The lowest BCUT2D eigenvalue weighted by molar-refractivity contribution is 0.660. The molecule has 0 radical (unpaired) electrons. The van der Waals surface area contributed by atoms with Crippen LogP contribution in [-0.4, -0.2) is 14.4 Å². The fourth-order valence-corrected chi connectivity index (χ4v) is 6.27. The molecule has 3 heterocycles. The van der Waals surface area contributed by atoms with Crippen LogP contribution in [0.15, 0.2) is 115 Å². The van der Waals surface area contributed by atoms with Crippen LogP contribution in [0.25, 0.3) is 61.1 Å². The number of hydrogen-bond acceptors (Lipinski definition) is 2. The highest BCUT2D eigenvalue weighted by Gasteiger charge is 2.35. The normalized spacial score (nSPS) is 13.7.